The first kappa shape index (κ1) is 12.6. The molecule has 0 bridgehead atoms. The molecule has 0 atom stereocenters. The normalized spacial score (nSPS) is 9.29. The van der Waals surface area contributed by atoms with Crippen molar-refractivity contribution in [1.29, 1.82) is 0 Å². The first-order valence-corrected chi connectivity index (χ1v) is 4.54. The van der Waals surface area contributed by atoms with Crippen LogP contribution in [0.15, 0.2) is 17.2 Å². The van der Waals surface area contributed by atoms with Crippen LogP contribution in [0.3, 0.4) is 0 Å². The van der Waals surface area contributed by atoms with E-state index < -0.39 is 4.92 Å². The third-order valence-corrected chi connectivity index (χ3v) is 2.09. The summed E-state index contributed by atoms with van der Waals surface area (Å²) in [5, 5.41) is 14.1. The lowest BCUT2D eigenvalue weighted by Gasteiger charge is -2.09. The van der Waals surface area contributed by atoms with Crippen molar-refractivity contribution in [2.45, 2.75) is 6.54 Å². The van der Waals surface area contributed by atoms with Crippen molar-refractivity contribution in [1.82, 2.24) is 0 Å². The second-order valence-electron chi connectivity index (χ2n) is 2.98. The van der Waals surface area contributed by atoms with Gasteiger partial charge in [-0.2, -0.15) is 0 Å². The minimum atomic E-state index is -0.565. The van der Waals surface area contributed by atoms with Crippen LogP contribution in [0.5, 0.6) is 11.5 Å². The second kappa shape index (κ2) is 5.57. The lowest BCUT2D eigenvalue weighted by Crippen LogP contribution is -1.98. The third-order valence-electron chi connectivity index (χ3n) is 2.09. The van der Waals surface area contributed by atoms with Crippen molar-refractivity contribution < 1.29 is 14.4 Å². The number of rotatable bonds is 5. The molecule has 0 radical (unpaired) electrons. The van der Waals surface area contributed by atoms with Crippen LogP contribution in [0.1, 0.15) is 5.56 Å². The van der Waals surface area contributed by atoms with Crippen molar-refractivity contribution in [3.63, 3.8) is 0 Å². The molecule has 1 rings (SSSR count). The monoisotopic (exact) mass is 238 g/mol. The third kappa shape index (κ3) is 2.76. The number of ether oxygens (including phenoxy) is 2. The molecule has 17 heavy (non-hydrogen) atoms. The Balaban J connectivity index is 3.33. The van der Waals surface area contributed by atoms with Crippen LogP contribution in [-0.2, 0) is 6.54 Å². The quantitative estimate of drug-likeness (QED) is 0.258. The number of hydrogen-bond donors (Lipinski definition) is 0. The summed E-state index contributed by atoms with van der Waals surface area (Å²) in [4.78, 5) is 12.8. The molecule has 8 nitrogen and oxygen atoms in total. The fourth-order valence-corrected chi connectivity index (χ4v) is 1.31. The number of methoxy groups -OCH3 is 2. The summed E-state index contributed by atoms with van der Waals surface area (Å²) in [5.41, 5.74) is 8.31. The van der Waals surface area contributed by atoms with E-state index >= 15 is 0 Å². The van der Waals surface area contributed by atoms with Crippen LogP contribution in [0.4, 0.5) is 5.69 Å². The number of nitrogens with zero attached hydrogens (tertiary/aromatic N) is 4. The van der Waals surface area contributed by atoms with E-state index in [1.54, 1.807) is 0 Å². The molecular formula is C9H10N4O4. The van der Waals surface area contributed by atoms with Crippen molar-refractivity contribution in [2.75, 3.05) is 14.2 Å². The first-order chi connectivity index (χ1) is 8.13. The Hall–Kier alpha value is -2.47. The summed E-state index contributed by atoms with van der Waals surface area (Å²) < 4.78 is 9.96. The van der Waals surface area contributed by atoms with Crippen molar-refractivity contribution >= 4 is 5.69 Å². The van der Waals surface area contributed by atoms with Gasteiger partial charge in [-0.25, -0.2) is 0 Å². The summed E-state index contributed by atoms with van der Waals surface area (Å²) in [6, 6.07) is 2.66. The Morgan fingerprint density at radius 2 is 2.00 bits per heavy atom. The summed E-state index contributed by atoms with van der Waals surface area (Å²) >= 11 is 0. The van der Waals surface area contributed by atoms with E-state index in [4.69, 9.17) is 15.0 Å². The molecule has 0 aliphatic carbocycles. The highest BCUT2D eigenvalue weighted by atomic mass is 16.6. The fraction of sp³-hybridized carbons (Fsp3) is 0.333. The summed E-state index contributed by atoms with van der Waals surface area (Å²) in [6.45, 7) is -0.118. The van der Waals surface area contributed by atoms with Crippen molar-refractivity contribution in [2.24, 2.45) is 5.11 Å². The largest absolute Gasteiger partial charge is 0.493 e. The Morgan fingerprint density at radius 1 is 1.41 bits per heavy atom. The van der Waals surface area contributed by atoms with E-state index in [9.17, 15) is 10.1 Å². The van der Waals surface area contributed by atoms with E-state index in [1.807, 2.05) is 0 Å². The van der Waals surface area contributed by atoms with Gasteiger partial charge in [0.1, 0.15) is 0 Å². The molecule has 90 valence electrons. The first-order valence-electron chi connectivity index (χ1n) is 4.54. The van der Waals surface area contributed by atoms with Crippen LogP contribution in [-0.4, -0.2) is 19.1 Å². The molecule has 0 unspecified atom stereocenters. The molecular weight excluding hydrogens is 228 g/mol. The summed E-state index contributed by atoms with van der Waals surface area (Å²) in [6.07, 6.45) is 0. The topological polar surface area (TPSA) is 110 Å². The molecule has 0 aliphatic heterocycles. The van der Waals surface area contributed by atoms with E-state index in [1.165, 1.54) is 26.4 Å². The maximum absolute atomic E-state index is 10.8. The summed E-state index contributed by atoms with van der Waals surface area (Å²) in [7, 11) is 2.80. The number of nitro benzene ring substituents is 1. The van der Waals surface area contributed by atoms with Crippen LogP contribution < -0.4 is 9.47 Å². The molecule has 0 fully saturated rings. The molecule has 0 spiro atoms. The van der Waals surface area contributed by atoms with Gasteiger partial charge >= 0.3 is 0 Å². The van der Waals surface area contributed by atoms with Gasteiger partial charge in [0.05, 0.1) is 31.8 Å². The molecule has 0 N–H and O–H groups in total. The van der Waals surface area contributed by atoms with Crippen molar-refractivity contribution in [3.05, 3.63) is 38.3 Å². The Kier molecular flexibility index (Phi) is 4.13. The average Bonchev–Trinajstić information content (AvgIpc) is 2.34. The fourth-order valence-electron chi connectivity index (χ4n) is 1.31. The molecule has 8 heteroatoms. The van der Waals surface area contributed by atoms with Gasteiger partial charge in [0.2, 0.25) is 0 Å². The lowest BCUT2D eigenvalue weighted by atomic mass is 10.1. The Morgan fingerprint density at radius 3 is 2.47 bits per heavy atom. The minimum Gasteiger partial charge on any atom is -0.493 e. The second-order valence-corrected chi connectivity index (χ2v) is 2.98. The molecule has 0 heterocycles. The van der Waals surface area contributed by atoms with Gasteiger partial charge in [0, 0.05) is 10.5 Å². The highest BCUT2D eigenvalue weighted by molar-refractivity contribution is 5.54. The minimum absolute atomic E-state index is 0.118. The predicted molar refractivity (Wildman–Crippen MR) is 59.1 cm³/mol. The van der Waals surface area contributed by atoms with Gasteiger partial charge in [-0.1, -0.05) is 5.11 Å². The van der Waals surface area contributed by atoms with Crippen LogP contribution in [0, 0.1) is 10.1 Å². The lowest BCUT2D eigenvalue weighted by molar-refractivity contribution is -0.385. The molecule has 0 saturated heterocycles. The van der Waals surface area contributed by atoms with Gasteiger partial charge in [0.25, 0.3) is 5.69 Å². The molecule has 0 saturated carbocycles. The SMILES string of the molecule is COc1cc(CN=[N+]=[N-])c([N+](=O)[O-])cc1OC. The smallest absolute Gasteiger partial charge is 0.276 e. The summed E-state index contributed by atoms with van der Waals surface area (Å²) in [5.74, 6) is 0.602. The standard InChI is InChI=1S/C9H10N4O4/c1-16-8-3-6(5-11-12-10)7(13(14)15)4-9(8)17-2/h3-4H,5H2,1-2H3. The maximum Gasteiger partial charge on any atom is 0.276 e. The molecule has 0 amide bonds. The van der Waals surface area contributed by atoms with Crippen molar-refractivity contribution in [3.8, 4) is 11.5 Å². The zero-order chi connectivity index (χ0) is 12.8. The van der Waals surface area contributed by atoms with Crippen LogP contribution in [0.25, 0.3) is 10.4 Å². The van der Waals surface area contributed by atoms with Gasteiger partial charge in [-0.3, -0.25) is 10.1 Å². The highest BCUT2D eigenvalue weighted by Gasteiger charge is 2.18. The van der Waals surface area contributed by atoms with Crippen LogP contribution >= 0.6 is 0 Å². The zero-order valence-electron chi connectivity index (χ0n) is 9.28. The van der Waals surface area contributed by atoms with E-state index in [-0.39, 0.29) is 23.5 Å². The van der Waals surface area contributed by atoms with E-state index in [2.05, 4.69) is 10.0 Å². The van der Waals surface area contributed by atoms with Gasteiger partial charge in [-0.05, 0) is 11.6 Å². The van der Waals surface area contributed by atoms with Gasteiger partial charge < -0.3 is 9.47 Å². The maximum atomic E-state index is 10.8. The number of nitro groups is 1. The van der Waals surface area contributed by atoms with E-state index in [0.717, 1.165) is 0 Å². The highest BCUT2D eigenvalue weighted by Crippen LogP contribution is 2.34. The predicted octanol–water partition coefficient (Wildman–Crippen LogP) is 2.42. The Labute approximate surface area is 96.5 Å². The number of azide groups is 1. The molecule has 1 aromatic carbocycles. The molecule has 0 aliphatic rings. The van der Waals surface area contributed by atoms with Crippen LogP contribution in [0.2, 0.25) is 0 Å². The molecule has 0 aromatic heterocycles. The van der Waals surface area contributed by atoms with Gasteiger partial charge in [0.15, 0.2) is 11.5 Å². The van der Waals surface area contributed by atoms with Gasteiger partial charge in [-0.15, -0.1) is 0 Å². The molecule has 1 aromatic rings. The average molecular weight is 238 g/mol. The zero-order valence-corrected chi connectivity index (χ0v) is 9.28. The van der Waals surface area contributed by atoms with E-state index in [0.29, 0.717) is 5.75 Å². The number of hydrogen-bond acceptors (Lipinski definition) is 5. The number of benzene rings is 1. The Bertz CT molecular complexity index is 482.